The molecule has 28 heavy (non-hydrogen) atoms. The number of H-pyrrole nitrogens is 1. The van der Waals surface area contributed by atoms with Crippen LogP contribution in [-0.4, -0.2) is 23.3 Å². The number of hydrogen-bond acceptors (Lipinski definition) is 3. The van der Waals surface area contributed by atoms with E-state index in [-0.39, 0.29) is 5.78 Å². The number of ketones is 1. The monoisotopic (exact) mass is 377 g/mol. The number of rotatable bonds is 6. The first-order valence-electron chi connectivity index (χ1n) is 9.40. The molecule has 0 saturated heterocycles. The van der Waals surface area contributed by atoms with Crippen molar-refractivity contribution < 1.29 is 18.9 Å². The van der Waals surface area contributed by atoms with E-state index in [0.29, 0.717) is 29.1 Å². The van der Waals surface area contributed by atoms with E-state index >= 15 is 0 Å². The minimum Gasteiger partial charge on any atom is -0.462 e. The molecule has 0 spiro atoms. The molecule has 0 radical (unpaired) electrons. The van der Waals surface area contributed by atoms with Crippen molar-refractivity contribution in [1.29, 1.82) is 0 Å². The van der Waals surface area contributed by atoms with Gasteiger partial charge in [0.2, 0.25) is 11.8 Å². The van der Waals surface area contributed by atoms with E-state index in [0.717, 1.165) is 11.1 Å². The molecule has 1 aromatic carbocycles. The van der Waals surface area contributed by atoms with Crippen LogP contribution in [0.15, 0.2) is 54.9 Å². The molecule has 3 rings (SSSR count). The number of carbonyl (C=O) groups excluding carboxylic acids is 2. The van der Waals surface area contributed by atoms with Gasteiger partial charge in [0.25, 0.3) is 0 Å². The number of Topliss-reactive ketones (excluding diaryl/α,β-unsaturated/α-hetero) is 1. The molecular weight excluding hydrogens is 352 g/mol. The molecule has 0 fully saturated rings. The molecule has 0 unspecified atom stereocenters. The zero-order valence-electron chi connectivity index (χ0n) is 16.7. The van der Waals surface area contributed by atoms with Crippen LogP contribution in [0.3, 0.4) is 0 Å². The van der Waals surface area contributed by atoms with Gasteiger partial charge in [-0.1, -0.05) is 30.3 Å². The fourth-order valence-corrected chi connectivity index (χ4v) is 3.39. The van der Waals surface area contributed by atoms with Gasteiger partial charge in [0.1, 0.15) is 0 Å². The van der Waals surface area contributed by atoms with Gasteiger partial charge in [-0.15, -0.1) is 0 Å². The highest BCUT2D eigenvalue weighted by molar-refractivity contribution is 6.02. The minimum absolute atomic E-state index is 0.0774. The van der Waals surface area contributed by atoms with Crippen LogP contribution in [0, 0.1) is 13.8 Å². The first-order chi connectivity index (χ1) is 13.4. The summed E-state index contributed by atoms with van der Waals surface area (Å²) < 4.78 is 7.01. The standard InChI is InChI=1S/C23H24N2O3/c1-5-28-23(27)20-15(2)21(24-16(20)3)22(26)17(4)25-13-9-12-19(14-25)18-10-7-6-8-11-18/h6-14,17H,5H2,1-4H3/p+1/t17-/m0/s1. The molecule has 2 aromatic heterocycles. The molecule has 5 heteroatoms. The lowest BCUT2D eigenvalue weighted by molar-refractivity contribution is -0.704. The lowest BCUT2D eigenvalue weighted by Crippen LogP contribution is -2.42. The number of nitrogens with zero attached hydrogens (tertiary/aromatic N) is 1. The Labute approximate surface area is 165 Å². The fraction of sp³-hybridized carbons (Fsp3) is 0.261. The maximum atomic E-state index is 13.2. The Bertz CT molecular complexity index is 1010. The number of carbonyl (C=O) groups is 2. The quantitative estimate of drug-likeness (QED) is 0.398. The number of pyridine rings is 1. The number of aromatic amines is 1. The average molecular weight is 377 g/mol. The van der Waals surface area contributed by atoms with Crippen LogP contribution in [0.1, 0.15) is 52.0 Å². The molecule has 0 aliphatic heterocycles. The number of nitrogens with one attached hydrogen (secondary N) is 1. The van der Waals surface area contributed by atoms with E-state index < -0.39 is 12.0 Å². The molecule has 1 atom stereocenters. The summed E-state index contributed by atoms with van der Waals surface area (Å²) in [5, 5.41) is 0. The highest BCUT2D eigenvalue weighted by Gasteiger charge is 2.30. The third-order valence-electron chi connectivity index (χ3n) is 4.92. The van der Waals surface area contributed by atoms with Gasteiger partial charge in [0, 0.05) is 24.2 Å². The van der Waals surface area contributed by atoms with Crippen molar-refractivity contribution in [1.82, 2.24) is 4.98 Å². The highest BCUT2D eigenvalue weighted by Crippen LogP contribution is 2.22. The van der Waals surface area contributed by atoms with Crippen LogP contribution >= 0.6 is 0 Å². The van der Waals surface area contributed by atoms with Crippen LogP contribution in [0.25, 0.3) is 11.1 Å². The largest absolute Gasteiger partial charge is 0.462 e. The summed E-state index contributed by atoms with van der Waals surface area (Å²) in [7, 11) is 0. The second kappa shape index (κ2) is 8.21. The summed E-state index contributed by atoms with van der Waals surface area (Å²) in [6, 6.07) is 13.6. The number of ether oxygens (including phenoxy) is 1. The second-order valence-corrected chi connectivity index (χ2v) is 6.79. The summed E-state index contributed by atoms with van der Waals surface area (Å²) in [5.74, 6) is -0.481. The Hall–Kier alpha value is -3.21. The average Bonchev–Trinajstić information content (AvgIpc) is 3.02. The minimum atomic E-state index is -0.421. The summed E-state index contributed by atoms with van der Waals surface area (Å²) in [6.07, 6.45) is 3.85. The Morgan fingerprint density at radius 3 is 2.43 bits per heavy atom. The molecule has 0 saturated carbocycles. The molecule has 5 nitrogen and oxygen atoms in total. The van der Waals surface area contributed by atoms with E-state index in [2.05, 4.69) is 4.98 Å². The molecule has 0 aliphatic carbocycles. The number of hydrogen-bond donors (Lipinski definition) is 1. The van der Waals surface area contributed by atoms with Crippen LogP contribution in [-0.2, 0) is 4.74 Å². The molecule has 3 aromatic rings. The van der Waals surface area contributed by atoms with Crippen LogP contribution in [0.5, 0.6) is 0 Å². The van der Waals surface area contributed by atoms with Gasteiger partial charge in [0.15, 0.2) is 12.4 Å². The molecule has 0 amide bonds. The summed E-state index contributed by atoms with van der Waals surface area (Å²) >= 11 is 0. The van der Waals surface area contributed by atoms with Crippen molar-refractivity contribution in [2.24, 2.45) is 0 Å². The smallest absolute Gasteiger partial charge is 0.340 e. The maximum absolute atomic E-state index is 13.2. The third kappa shape index (κ3) is 3.74. The zero-order chi connectivity index (χ0) is 20.3. The zero-order valence-corrected chi connectivity index (χ0v) is 16.7. The van der Waals surface area contributed by atoms with Crippen LogP contribution < -0.4 is 4.57 Å². The number of esters is 1. The molecule has 144 valence electrons. The fourth-order valence-electron chi connectivity index (χ4n) is 3.39. The van der Waals surface area contributed by atoms with Gasteiger partial charge in [-0.3, -0.25) is 4.79 Å². The maximum Gasteiger partial charge on any atom is 0.340 e. The Kier molecular flexibility index (Phi) is 5.73. The van der Waals surface area contributed by atoms with E-state index in [1.165, 1.54) is 0 Å². The molecule has 0 bridgehead atoms. The van der Waals surface area contributed by atoms with Gasteiger partial charge >= 0.3 is 5.97 Å². The van der Waals surface area contributed by atoms with Crippen molar-refractivity contribution in [3.63, 3.8) is 0 Å². The number of aromatic nitrogens is 2. The van der Waals surface area contributed by atoms with Crippen LogP contribution in [0.4, 0.5) is 0 Å². The number of benzene rings is 1. The summed E-state index contributed by atoms with van der Waals surface area (Å²) in [6.45, 7) is 7.48. The molecule has 1 N–H and O–H groups in total. The SMILES string of the molecule is CCOC(=O)c1c(C)[nH]c(C(=O)[C@H](C)[n+]2cccc(-c3ccccc3)c2)c1C. The van der Waals surface area contributed by atoms with E-state index in [1.54, 1.807) is 20.8 Å². The lowest BCUT2D eigenvalue weighted by Gasteiger charge is -2.08. The molecular formula is C23H25N2O3+. The van der Waals surface area contributed by atoms with Crippen molar-refractivity contribution in [3.8, 4) is 11.1 Å². The van der Waals surface area contributed by atoms with Crippen molar-refractivity contribution in [3.05, 3.63) is 77.4 Å². The first-order valence-corrected chi connectivity index (χ1v) is 9.40. The Morgan fingerprint density at radius 2 is 1.75 bits per heavy atom. The third-order valence-corrected chi connectivity index (χ3v) is 4.92. The predicted molar refractivity (Wildman–Crippen MR) is 107 cm³/mol. The van der Waals surface area contributed by atoms with Gasteiger partial charge < -0.3 is 9.72 Å². The predicted octanol–water partition coefficient (Wildman–Crippen LogP) is 4.21. The van der Waals surface area contributed by atoms with Gasteiger partial charge in [-0.05, 0) is 38.0 Å². The Morgan fingerprint density at radius 1 is 1.07 bits per heavy atom. The highest BCUT2D eigenvalue weighted by atomic mass is 16.5. The van der Waals surface area contributed by atoms with Crippen molar-refractivity contribution >= 4 is 11.8 Å². The van der Waals surface area contributed by atoms with Crippen molar-refractivity contribution in [2.45, 2.75) is 33.7 Å². The topological polar surface area (TPSA) is 63.0 Å². The molecule has 0 aliphatic rings. The normalized spacial score (nSPS) is 11.9. The first kappa shape index (κ1) is 19.5. The summed E-state index contributed by atoms with van der Waals surface area (Å²) in [5.41, 5.74) is 4.30. The molecule has 2 heterocycles. The van der Waals surface area contributed by atoms with Crippen LogP contribution in [0.2, 0.25) is 0 Å². The Balaban J connectivity index is 1.92. The van der Waals surface area contributed by atoms with E-state index in [1.807, 2.05) is 66.3 Å². The number of aryl methyl sites for hydroxylation is 1. The van der Waals surface area contributed by atoms with Gasteiger partial charge in [-0.25, -0.2) is 4.79 Å². The summed E-state index contributed by atoms with van der Waals surface area (Å²) in [4.78, 5) is 28.4. The van der Waals surface area contributed by atoms with E-state index in [4.69, 9.17) is 4.74 Å². The lowest BCUT2D eigenvalue weighted by atomic mass is 10.0. The van der Waals surface area contributed by atoms with E-state index in [9.17, 15) is 9.59 Å². The van der Waals surface area contributed by atoms with Crippen molar-refractivity contribution in [2.75, 3.05) is 6.61 Å². The second-order valence-electron chi connectivity index (χ2n) is 6.79. The van der Waals surface area contributed by atoms with Gasteiger partial charge in [0.05, 0.1) is 17.9 Å². The van der Waals surface area contributed by atoms with Gasteiger partial charge in [-0.2, -0.15) is 4.57 Å².